The summed E-state index contributed by atoms with van der Waals surface area (Å²) in [6.45, 7) is 1.18. The average Bonchev–Trinajstić information content (AvgIpc) is 3.29. The van der Waals surface area contributed by atoms with Gasteiger partial charge in [0.1, 0.15) is 18.2 Å². The van der Waals surface area contributed by atoms with Gasteiger partial charge in [0.15, 0.2) is 11.6 Å². The predicted molar refractivity (Wildman–Crippen MR) is 142 cm³/mol. The fourth-order valence-corrected chi connectivity index (χ4v) is 4.72. The van der Waals surface area contributed by atoms with E-state index in [1.54, 1.807) is 24.3 Å². The standard InChI is InChI=1S/C31H23F3N4O2/c32-24-14-19(16-35)8-9-21(24)18-40-29-7-3-5-25(37-29)23-11-10-20(30(33)31(23)34)15-28-36-26-4-1-2-6-27(26)38(28)17-22-12-13-39-22/h1-11,14,22H,12-13,15,17-18H2/t22-/m0/s1. The molecule has 0 saturated carbocycles. The van der Waals surface area contributed by atoms with Crippen LogP contribution in [0.15, 0.2) is 72.8 Å². The number of fused-ring (bicyclic) bond motifs is 1. The van der Waals surface area contributed by atoms with Gasteiger partial charge in [0, 0.05) is 30.2 Å². The molecular formula is C31H23F3N4O2. The van der Waals surface area contributed by atoms with Crippen LogP contribution in [0.1, 0.15) is 28.9 Å². The molecule has 0 spiro atoms. The molecule has 9 heteroatoms. The van der Waals surface area contributed by atoms with Crippen LogP contribution < -0.4 is 4.74 Å². The number of ether oxygens (including phenoxy) is 2. The van der Waals surface area contributed by atoms with E-state index in [0.29, 0.717) is 12.4 Å². The van der Waals surface area contributed by atoms with E-state index in [4.69, 9.17) is 19.7 Å². The number of nitrogens with zero attached hydrogens (tertiary/aromatic N) is 4. The first-order valence-electron chi connectivity index (χ1n) is 12.8. The molecular weight excluding hydrogens is 517 g/mol. The summed E-state index contributed by atoms with van der Waals surface area (Å²) < 4.78 is 58.1. The zero-order valence-corrected chi connectivity index (χ0v) is 21.3. The topological polar surface area (TPSA) is 73.0 Å². The Hall–Kier alpha value is -4.68. The third-order valence-electron chi connectivity index (χ3n) is 6.98. The van der Waals surface area contributed by atoms with Crippen LogP contribution in [0.3, 0.4) is 0 Å². The molecule has 3 aromatic carbocycles. The third kappa shape index (κ3) is 5.01. The zero-order chi connectivity index (χ0) is 27.6. The highest BCUT2D eigenvalue weighted by Gasteiger charge is 2.23. The molecule has 0 unspecified atom stereocenters. The summed E-state index contributed by atoms with van der Waals surface area (Å²) in [6, 6.07) is 21.3. The van der Waals surface area contributed by atoms with Crippen LogP contribution in [0, 0.1) is 28.8 Å². The molecule has 1 atom stereocenters. The Morgan fingerprint density at radius 1 is 0.950 bits per heavy atom. The van der Waals surface area contributed by atoms with Crippen LogP contribution in [-0.4, -0.2) is 27.2 Å². The van der Waals surface area contributed by atoms with Gasteiger partial charge in [0.25, 0.3) is 0 Å². The fourth-order valence-electron chi connectivity index (χ4n) is 4.72. The van der Waals surface area contributed by atoms with Gasteiger partial charge in [-0.2, -0.15) is 5.26 Å². The first-order valence-corrected chi connectivity index (χ1v) is 12.8. The van der Waals surface area contributed by atoms with Crippen LogP contribution >= 0.6 is 0 Å². The molecule has 40 heavy (non-hydrogen) atoms. The molecule has 0 bridgehead atoms. The van der Waals surface area contributed by atoms with Gasteiger partial charge in [-0.05, 0) is 48.4 Å². The summed E-state index contributed by atoms with van der Waals surface area (Å²) in [7, 11) is 0. The van der Waals surface area contributed by atoms with Crippen molar-refractivity contribution in [3.8, 4) is 23.2 Å². The summed E-state index contributed by atoms with van der Waals surface area (Å²) in [4.78, 5) is 8.98. The summed E-state index contributed by atoms with van der Waals surface area (Å²) >= 11 is 0. The SMILES string of the molecule is N#Cc1ccc(COc2cccc(-c3ccc(Cc4nc5ccccc5n4C[C@@H]4CCO4)c(F)c3F)n2)c(F)c1. The molecule has 6 rings (SSSR count). The number of para-hydroxylation sites is 2. The van der Waals surface area contributed by atoms with Gasteiger partial charge in [0.2, 0.25) is 5.88 Å². The smallest absolute Gasteiger partial charge is 0.214 e. The van der Waals surface area contributed by atoms with Gasteiger partial charge in [-0.25, -0.2) is 23.1 Å². The van der Waals surface area contributed by atoms with Crippen molar-refractivity contribution < 1.29 is 22.6 Å². The number of nitriles is 1. The maximum Gasteiger partial charge on any atom is 0.214 e. The van der Waals surface area contributed by atoms with Gasteiger partial charge >= 0.3 is 0 Å². The molecule has 0 N–H and O–H groups in total. The minimum absolute atomic E-state index is 0.0207. The van der Waals surface area contributed by atoms with Crippen LogP contribution in [0.25, 0.3) is 22.3 Å². The highest BCUT2D eigenvalue weighted by molar-refractivity contribution is 5.76. The highest BCUT2D eigenvalue weighted by atomic mass is 19.2. The van der Waals surface area contributed by atoms with Gasteiger partial charge in [-0.3, -0.25) is 0 Å². The lowest BCUT2D eigenvalue weighted by Gasteiger charge is -2.27. The Balaban J connectivity index is 1.24. The van der Waals surface area contributed by atoms with Crippen molar-refractivity contribution in [1.29, 1.82) is 5.26 Å². The molecule has 0 aliphatic carbocycles. The van der Waals surface area contributed by atoms with Gasteiger partial charge < -0.3 is 14.0 Å². The maximum absolute atomic E-state index is 15.4. The quantitative estimate of drug-likeness (QED) is 0.230. The minimum Gasteiger partial charge on any atom is -0.473 e. The number of hydrogen-bond acceptors (Lipinski definition) is 5. The Labute approximate surface area is 228 Å². The van der Waals surface area contributed by atoms with E-state index in [9.17, 15) is 4.39 Å². The minimum atomic E-state index is -1.02. The largest absolute Gasteiger partial charge is 0.473 e. The Bertz CT molecular complexity index is 1760. The Kier molecular flexibility index (Phi) is 6.93. The highest BCUT2D eigenvalue weighted by Crippen LogP contribution is 2.29. The molecule has 1 aliphatic rings. The lowest BCUT2D eigenvalue weighted by atomic mass is 10.0. The van der Waals surface area contributed by atoms with Crippen molar-refractivity contribution in [2.45, 2.75) is 32.1 Å². The van der Waals surface area contributed by atoms with Crippen molar-refractivity contribution in [2.75, 3.05) is 6.61 Å². The van der Waals surface area contributed by atoms with Crippen molar-refractivity contribution in [3.63, 3.8) is 0 Å². The summed E-state index contributed by atoms with van der Waals surface area (Å²) in [5, 5.41) is 8.89. The molecule has 1 aliphatic heterocycles. The van der Waals surface area contributed by atoms with E-state index in [1.807, 2.05) is 34.9 Å². The number of rotatable bonds is 8. The Morgan fingerprint density at radius 3 is 2.55 bits per heavy atom. The number of pyridine rings is 1. The first kappa shape index (κ1) is 25.6. The van der Waals surface area contributed by atoms with Gasteiger partial charge in [0.05, 0.1) is 41.0 Å². The average molecular weight is 541 g/mol. The summed E-state index contributed by atoms with van der Waals surface area (Å²) in [5.74, 6) is -1.81. The van der Waals surface area contributed by atoms with Crippen molar-refractivity contribution >= 4 is 11.0 Å². The van der Waals surface area contributed by atoms with E-state index in [0.717, 1.165) is 30.1 Å². The molecule has 6 nitrogen and oxygen atoms in total. The molecule has 1 fully saturated rings. The predicted octanol–water partition coefficient (Wildman–Crippen LogP) is 6.35. The third-order valence-corrected chi connectivity index (χ3v) is 6.98. The second-order valence-corrected chi connectivity index (χ2v) is 9.55. The van der Waals surface area contributed by atoms with Crippen molar-refractivity contribution in [3.05, 3.63) is 113 Å². The lowest BCUT2D eigenvalue weighted by Crippen LogP contribution is -2.31. The van der Waals surface area contributed by atoms with Crippen LogP contribution in [-0.2, 0) is 24.3 Å². The monoisotopic (exact) mass is 540 g/mol. The van der Waals surface area contributed by atoms with Crippen molar-refractivity contribution in [1.82, 2.24) is 14.5 Å². The van der Waals surface area contributed by atoms with E-state index < -0.39 is 17.5 Å². The number of benzene rings is 3. The zero-order valence-electron chi connectivity index (χ0n) is 21.3. The van der Waals surface area contributed by atoms with E-state index >= 15 is 8.78 Å². The molecule has 200 valence electrons. The number of aromatic nitrogens is 3. The van der Waals surface area contributed by atoms with Crippen LogP contribution in [0.2, 0.25) is 0 Å². The second-order valence-electron chi connectivity index (χ2n) is 9.55. The number of halogens is 3. The number of imidazole rings is 1. The first-order chi connectivity index (χ1) is 19.5. The molecule has 1 saturated heterocycles. The van der Waals surface area contributed by atoms with Gasteiger partial charge in [-0.1, -0.05) is 30.3 Å². The second kappa shape index (κ2) is 10.8. The van der Waals surface area contributed by atoms with Crippen LogP contribution in [0.4, 0.5) is 13.2 Å². The molecule has 5 aromatic rings. The normalized spacial score (nSPS) is 14.6. The lowest BCUT2D eigenvalue weighted by molar-refractivity contribution is -0.0589. The molecule has 2 aromatic heterocycles. The summed E-state index contributed by atoms with van der Waals surface area (Å²) in [6.07, 6.45) is 1.13. The fraction of sp³-hybridized carbons (Fsp3) is 0.194. The van der Waals surface area contributed by atoms with E-state index in [1.165, 1.54) is 18.2 Å². The van der Waals surface area contributed by atoms with Crippen LogP contribution in [0.5, 0.6) is 5.88 Å². The molecule has 0 amide bonds. The van der Waals surface area contributed by atoms with E-state index in [-0.39, 0.29) is 53.0 Å². The summed E-state index contributed by atoms with van der Waals surface area (Å²) in [5.41, 5.74) is 2.48. The maximum atomic E-state index is 15.4. The Morgan fingerprint density at radius 2 is 1.77 bits per heavy atom. The van der Waals surface area contributed by atoms with Crippen molar-refractivity contribution in [2.24, 2.45) is 0 Å². The van der Waals surface area contributed by atoms with Gasteiger partial charge in [-0.15, -0.1) is 0 Å². The molecule has 3 heterocycles. The van der Waals surface area contributed by atoms with E-state index in [2.05, 4.69) is 4.98 Å². The molecule has 0 radical (unpaired) electrons. The number of hydrogen-bond donors (Lipinski definition) is 0.